The molecule has 9 heteroatoms. The van der Waals surface area contributed by atoms with E-state index >= 15 is 0 Å². The standard InChI is InChI=1S/C22H21N3O6/c1-13-10-16(8-9-17(13)20-24-22(26)31-25-20)29-11-18-19(12-27-2)30-21(23-18)14-4-6-15(28-3)7-5-14/h4-10H,11-12H2,1-3H3,(H,24,25,26). The fraction of sp³-hybridized carbons (Fsp3) is 0.227. The second kappa shape index (κ2) is 8.88. The summed E-state index contributed by atoms with van der Waals surface area (Å²) < 4.78 is 26.8. The molecule has 160 valence electrons. The summed E-state index contributed by atoms with van der Waals surface area (Å²) in [4.78, 5) is 18.3. The van der Waals surface area contributed by atoms with Crippen LogP contribution >= 0.6 is 0 Å². The first-order valence-electron chi connectivity index (χ1n) is 9.49. The quantitative estimate of drug-likeness (QED) is 0.456. The SMILES string of the molecule is COCc1oc(-c2ccc(OC)cc2)nc1COc1ccc(-c2noc(=O)[nH]2)c(C)c1. The Morgan fingerprint density at radius 1 is 1.03 bits per heavy atom. The number of benzene rings is 2. The lowest BCUT2D eigenvalue weighted by Gasteiger charge is -2.08. The van der Waals surface area contributed by atoms with Crippen LogP contribution in [0.5, 0.6) is 11.5 Å². The van der Waals surface area contributed by atoms with E-state index in [1.807, 2.05) is 37.3 Å². The van der Waals surface area contributed by atoms with E-state index in [1.54, 1.807) is 26.4 Å². The molecule has 0 saturated carbocycles. The number of methoxy groups -OCH3 is 2. The minimum absolute atomic E-state index is 0.206. The summed E-state index contributed by atoms with van der Waals surface area (Å²) >= 11 is 0. The van der Waals surface area contributed by atoms with Crippen molar-refractivity contribution in [1.82, 2.24) is 15.1 Å². The van der Waals surface area contributed by atoms with Crippen LogP contribution in [0.2, 0.25) is 0 Å². The molecule has 0 atom stereocenters. The van der Waals surface area contributed by atoms with Gasteiger partial charge in [-0.3, -0.25) is 9.51 Å². The number of aryl methyl sites for hydroxylation is 1. The van der Waals surface area contributed by atoms with Crippen molar-refractivity contribution < 1.29 is 23.2 Å². The van der Waals surface area contributed by atoms with Crippen molar-refractivity contribution in [2.45, 2.75) is 20.1 Å². The van der Waals surface area contributed by atoms with Gasteiger partial charge in [-0.2, -0.15) is 0 Å². The van der Waals surface area contributed by atoms with Crippen molar-refractivity contribution in [3.05, 3.63) is 70.0 Å². The molecular weight excluding hydrogens is 402 g/mol. The van der Waals surface area contributed by atoms with Gasteiger partial charge in [-0.05, 0) is 55.0 Å². The Morgan fingerprint density at radius 2 is 1.81 bits per heavy atom. The average molecular weight is 423 g/mol. The van der Waals surface area contributed by atoms with E-state index < -0.39 is 5.76 Å². The van der Waals surface area contributed by atoms with Gasteiger partial charge in [0.25, 0.3) is 0 Å². The van der Waals surface area contributed by atoms with Crippen molar-refractivity contribution in [2.24, 2.45) is 0 Å². The summed E-state index contributed by atoms with van der Waals surface area (Å²) in [6.07, 6.45) is 0. The minimum Gasteiger partial charge on any atom is -0.497 e. The largest absolute Gasteiger partial charge is 0.497 e. The van der Waals surface area contributed by atoms with E-state index in [4.69, 9.17) is 18.6 Å². The molecule has 0 unspecified atom stereocenters. The number of hydrogen-bond acceptors (Lipinski definition) is 8. The monoisotopic (exact) mass is 423 g/mol. The molecule has 0 fully saturated rings. The number of rotatable bonds is 8. The van der Waals surface area contributed by atoms with Crippen molar-refractivity contribution >= 4 is 0 Å². The van der Waals surface area contributed by atoms with E-state index in [0.717, 1.165) is 22.4 Å². The van der Waals surface area contributed by atoms with Gasteiger partial charge in [-0.15, -0.1) is 0 Å². The lowest BCUT2D eigenvalue weighted by molar-refractivity contribution is 0.161. The maximum absolute atomic E-state index is 11.2. The fourth-order valence-electron chi connectivity index (χ4n) is 3.09. The molecule has 0 aliphatic heterocycles. The number of nitrogens with zero attached hydrogens (tertiary/aromatic N) is 2. The summed E-state index contributed by atoms with van der Waals surface area (Å²) in [7, 11) is 3.21. The fourth-order valence-corrected chi connectivity index (χ4v) is 3.09. The molecule has 4 rings (SSSR count). The summed E-state index contributed by atoms with van der Waals surface area (Å²) in [5.41, 5.74) is 3.10. The predicted molar refractivity (Wildman–Crippen MR) is 111 cm³/mol. The van der Waals surface area contributed by atoms with Crippen LogP contribution in [0.1, 0.15) is 17.0 Å². The Labute approximate surface area is 177 Å². The Morgan fingerprint density at radius 3 is 2.45 bits per heavy atom. The first kappa shape index (κ1) is 20.4. The van der Waals surface area contributed by atoms with Gasteiger partial charge in [0.05, 0.1) is 7.11 Å². The van der Waals surface area contributed by atoms with Gasteiger partial charge in [-0.25, -0.2) is 9.78 Å². The Balaban J connectivity index is 1.52. The molecule has 0 amide bonds. The van der Waals surface area contributed by atoms with Gasteiger partial charge >= 0.3 is 5.76 Å². The third kappa shape index (κ3) is 4.51. The highest BCUT2D eigenvalue weighted by Gasteiger charge is 2.16. The average Bonchev–Trinajstić information content (AvgIpc) is 3.39. The molecule has 0 aliphatic carbocycles. The van der Waals surface area contributed by atoms with Crippen LogP contribution < -0.4 is 15.2 Å². The number of ether oxygens (including phenoxy) is 3. The van der Waals surface area contributed by atoms with Gasteiger partial charge in [0.15, 0.2) is 11.6 Å². The second-order valence-corrected chi connectivity index (χ2v) is 6.76. The summed E-state index contributed by atoms with van der Waals surface area (Å²) in [5.74, 6) is 2.25. The van der Waals surface area contributed by atoms with Gasteiger partial charge < -0.3 is 18.6 Å². The van der Waals surface area contributed by atoms with E-state index in [2.05, 4.69) is 19.6 Å². The van der Waals surface area contributed by atoms with E-state index in [-0.39, 0.29) is 13.2 Å². The highest BCUT2D eigenvalue weighted by atomic mass is 16.5. The molecule has 0 spiro atoms. The molecule has 2 aromatic carbocycles. The summed E-state index contributed by atoms with van der Waals surface area (Å²) in [6, 6.07) is 12.9. The molecule has 1 N–H and O–H groups in total. The van der Waals surface area contributed by atoms with E-state index in [9.17, 15) is 4.79 Å². The normalized spacial score (nSPS) is 10.9. The van der Waals surface area contributed by atoms with Crippen LogP contribution in [0.4, 0.5) is 0 Å². The Hall–Kier alpha value is -3.85. The topological polar surface area (TPSA) is 113 Å². The number of aromatic nitrogens is 3. The lowest BCUT2D eigenvalue weighted by atomic mass is 10.1. The molecule has 31 heavy (non-hydrogen) atoms. The van der Waals surface area contributed by atoms with Crippen LogP contribution in [0.25, 0.3) is 22.8 Å². The minimum atomic E-state index is -0.598. The smallest absolute Gasteiger partial charge is 0.439 e. The molecule has 4 aromatic rings. The summed E-state index contributed by atoms with van der Waals surface area (Å²) in [6.45, 7) is 2.38. The zero-order valence-corrected chi connectivity index (χ0v) is 17.3. The maximum atomic E-state index is 11.2. The second-order valence-electron chi connectivity index (χ2n) is 6.76. The molecule has 0 saturated heterocycles. The highest BCUT2D eigenvalue weighted by molar-refractivity contribution is 5.60. The zero-order valence-electron chi connectivity index (χ0n) is 17.3. The molecule has 2 heterocycles. The number of hydrogen-bond donors (Lipinski definition) is 1. The van der Waals surface area contributed by atoms with Gasteiger partial charge in [0.1, 0.15) is 30.4 Å². The number of H-pyrrole nitrogens is 1. The number of nitrogens with one attached hydrogen (secondary N) is 1. The molecule has 0 radical (unpaired) electrons. The van der Waals surface area contributed by atoms with Crippen LogP contribution in [-0.4, -0.2) is 29.3 Å². The van der Waals surface area contributed by atoms with Crippen LogP contribution in [0.3, 0.4) is 0 Å². The first-order valence-corrected chi connectivity index (χ1v) is 9.49. The van der Waals surface area contributed by atoms with Crippen LogP contribution in [0, 0.1) is 6.92 Å². The van der Waals surface area contributed by atoms with Crippen LogP contribution in [-0.2, 0) is 18.0 Å². The van der Waals surface area contributed by atoms with Crippen molar-refractivity contribution in [1.29, 1.82) is 0 Å². The van der Waals surface area contributed by atoms with Gasteiger partial charge in [-0.1, -0.05) is 5.16 Å². The molecule has 2 aromatic heterocycles. The molecule has 0 bridgehead atoms. The number of aromatic amines is 1. The van der Waals surface area contributed by atoms with Crippen molar-refractivity contribution in [2.75, 3.05) is 14.2 Å². The highest BCUT2D eigenvalue weighted by Crippen LogP contribution is 2.27. The zero-order chi connectivity index (χ0) is 21.8. The van der Waals surface area contributed by atoms with Gasteiger partial charge in [0.2, 0.25) is 5.89 Å². The van der Waals surface area contributed by atoms with E-state index in [0.29, 0.717) is 28.9 Å². The predicted octanol–water partition coefficient (Wildman–Crippen LogP) is 3.73. The molecule has 9 nitrogen and oxygen atoms in total. The van der Waals surface area contributed by atoms with Gasteiger partial charge in [0, 0.05) is 18.2 Å². The lowest BCUT2D eigenvalue weighted by Crippen LogP contribution is -2.01. The summed E-state index contributed by atoms with van der Waals surface area (Å²) in [5, 5.41) is 3.72. The molecule has 0 aliphatic rings. The third-order valence-corrected chi connectivity index (χ3v) is 4.66. The molecular formula is C22H21N3O6. The van der Waals surface area contributed by atoms with Crippen molar-refractivity contribution in [3.63, 3.8) is 0 Å². The third-order valence-electron chi connectivity index (χ3n) is 4.66. The van der Waals surface area contributed by atoms with Crippen molar-refractivity contribution in [3.8, 4) is 34.3 Å². The number of oxazole rings is 1. The maximum Gasteiger partial charge on any atom is 0.439 e. The van der Waals surface area contributed by atoms with E-state index in [1.165, 1.54) is 0 Å². The Bertz CT molecular complexity index is 1220. The van der Waals surface area contributed by atoms with Crippen LogP contribution in [0.15, 0.2) is 56.2 Å². The first-order chi connectivity index (χ1) is 15.1. The Kier molecular flexibility index (Phi) is 5.85.